The molecule has 0 saturated heterocycles. The lowest BCUT2D eigenvalue weighted by molar-refractivity contribution is 0.302. The molecule has 1 atom stereocenters. The first kappa shape index (κ1) is 15.5. The Morgan fingerprint density at radius 2 is 2.06 bits per heavy atom. The van der Waals surface area contributed by atoms with Gasteiger partial charge in [-0.15, -0.1) is 0 Å². The van der Waals surface area contributed by atoms with Crippen LogP contribution in [-0.2, 0) is 0 Å². The molecule has 18 heavy (non-hydrogen) atoms. The minimum atomic E-state index is 0.583. The third-order valence-corrected chi connectivity index (χ3v) is 3.58. The first-order valence-corrected chi connectivity index (χ1v) is 7.64. The van der Waals surface area contributed by atoms with E-state index in [0.29, 0.717) is 12.6 Å². The van der Waals surface area contributed by atoms with Gasteiger partial charge in [0.1, 0.15) is 12.4 Å². The van der Waals surface area contributed by atoms with Crippen LogP contribution in [0.15, 0.2) is 28.7 Å². The molecule has 0 aliphatic heterocycles. The quantitative estimate of drug-likeness (QED) is 0.683. The molecule has 0 aromatic heterocycles. The summed E-state index contributed by atoms with van der Waals surface area (Å²) in [5.74, 6) is 0.915. The minimum absolute atomic E-state index is 0.583. The maximum Gasteiger partial charge on any atom is 0.133 e. The van der Waals surface area contributed by atoms with Gasteiger partial charge in [-0.1, -0.05) is 38.3 Å². The predicted molar refractivity (Wildman–Crippen MR) is 81.2 cm³/mol. The summed E-state index contributed by atoms with van der Waals surface area (Å²) in [6.45, 7) is 6.09. The highest BCUT2D eigenvalue weighted by atomic mass is 79.9. The number of hydrogen-bond acceptors (Lipinski definition) is 2. The highest BCUT2D eigenvalue weighted by Crippen LogP contribution is 2.23. The lowest BCUT2D eigenvalue weighted by Crippen LogP contribution is -2.30. The summed E-state index contributed by atoms with van der Waals surface area (Å²) in [6, 6.07) is 8.54. The van der Waals surface area contributed by atoms with E-state index in [4.69, 9.17) is 4.74 Å². The minimum Gasteiger partial charge on any atom is -0.491 e. The van der Waals surface area contributed by atoms with Crippen molar-refractivity contribution in [1.82, 2.24) is 5.32 Å². The van der Waals surface area contributed by atoms with E-state index in [-0.39, 0.29) is 0 Å². The van der Waals surface area contributed by atoms with Gasteiger partial charge in [-0.05, 0) is 41.4 Å². The van der Waals surface area contributed by atoms with Gasteiger partial charge in [0.05, 0.1) is 4.47 Å². The monoisotopic (exact) mass is 313 g/mol. The second-order valence-corrected chi connectivity index (χ2v) is 5.48. The molecule has 0 fully saturated rings. The van der Waals surface area contributed by atoms with E-state index in [1.165, 1.54) is 25.7 Å². The number of ether oxygens (including phenoxy) is 1. The van der Waals surface area contributed by atoms with Crippen molar-refractivity contribution in [3.05, 3.63) is 28.7 Å². The highest BCUT2D eigenvalue weighted by Gasteiger charge is 2.02. The summed E-state index contributed by atoms with van der Waals surface area (Å²) in [7, 11) is 0. The van der Waals surface area contributed by atoms with Gasteiger partial charge in [-0.25, -0.2) is 0 Å². The van der Waals surface area contributed by atoms with Crippen molar-refractivity contribution in [3.8, 4) is 5.75 Å². The summed E-state index contributed by atoms with van der Waals surface area (Å²) < 4.78 is 6.72. The first-order valence-electron chi connectivity index (χ1n) is 6.84. The topological polar surface area (TPSA) is 21.3 Å². The van der Waals surface area contributed by atoms with Crippen molar-refractivity contribution in [1.29, 1.82) is 0 Å². The van der Waals surface area contributed by atoms with Crippen LogP contribution in [0.4, 0.5) is 0 Å². The molecule has 3 heteroatoms. The normalized spacial score (nSPS) is 12.4. The molecule has 0 saturated carbocycles. The van der Waals surface area contributed by atoms with Crippen LogP contribution in [0.1, 0.15) is 39.5 Å². The van der Waals surface area contributed by atoms with Crippen LogP contribution in [0.25, 0.3) is 0 Å². The fourth-order valence-electron chi connectivity index (χ4n) is 1.83. The first-order chi connectivity index (χ1) is 8.74. The van der Waals surface area contributed by atoms with Gasteiger partial charge < -0.3 is 10.1 Å². The molecule has 1 unspecified atom stereocenters. The fraction of sp³-hybridized carbons (Fsp3) is 0.600. The molecular formula is C15H24BrNO. The van der Waals surface area contributed by atoms with E-state index in [9.17, 15) is 0 Å². The number of hydrogen-bond donors (Lipinski definition) is 1. The molecule has 0 radical (unpaired) electrons. The van der Waals surface area contributed by atoms with Crippen molar-refractivity contribution in [2.75, 3.05) is 13.2 Å². The zero-order valence-electron chi connectivity index (χ0n) is 11.4. The van der Waals surface area contributed by atoms with Gasteiger partial charge in [0.2, 0.25) is 0 Å². The number of rotatable bonds is 9. The molecule has 0 heterocycles. The van der Waals surface area contributed by atoms with Crippen LogP contribution >= 0.6 is 15.9 Å². The Morgan fingerprint density at radius 3 is 2.78 bits per heavy atom. The van der Waals surface area contributed by atoms with Crippen molar-refractivity contribution in [2.24, 2.45) is 0 Å². The van der Waals surface area contributed by atoms with Crippen LogP contribution in [0.3, 0.4) is 0 Å². The third kappa shape index (κ3) is 6.41. The average molecular weight is 314 g/mol. The van der Waals surface area contributed by atoms with E-state index in [1.807, 2.05) is 24.3 Å². The second-order valence-electron chi connectivity index (χ2n) is 4.63. The van der Waals surface area contributed by atoms with E-state index in [2.05, 4.69) is 35.1 Å². The number of nitrogens with one attached hydrogen (secondary N) is 1. The molecular weight excluding hydrogens is 290 g/mol. The standard InChI is InChI=1S/C15H24BrNO/c1-3-4-5-8-13(2)17-11-12-18-15-10-7-6-9-14(15)16/h6-7,9-10,13,17H,3-5,8,11-12H2,1-2H3. The molecule has 1 aromatic carbocycles. The molecule has 1 aromatic rings. The lowest BCUT2D eigenvalue weighted by atomic mass is 10.1. The maximum absolute atomic E-state index is 5.70. The molecule has 0 amide bonds. The molecule has 1 rings (SSSR count). The van der Waals surface area contributed by atoms with Crippen LogP contribution in [-0.4, -0.2) is 19.2 Å². The Hall–Kier alpha value is -0.540. The molecule has 0 spiro atoms. The zero-order chi connectivity index (χ0) is 13.2. The average Bonchev–Trinajstić information content (AvgIpc) is 2.37. The fourth-order valence-corrected chi connectivity index (χ4v) is 2.23. The smallest absolute Gasteiger partial charge is 0.133 e. The Kier molecular flexibility index (Phi) is 8.10. The zero-order valence-corrected chi connectivity index (χ0v) is 13.0. The maximum atomic E-state index is 5.70. The second kappa shape index (κ2) is 9.40. The Labute approximate surface area is 119 Å². The van der Waals surface area contributed by atoms with E-state index >= 15 is 0 Å². The highest BCUT2D eigenvalue weighted by molar-refractivity contribution is 9.10. The number of unbranched alkanes of at least 4 members (excludes halogenated alkanes) is 2. The summed E-state index contributed by atoms with van der Waals surface area (Å²) >= 11 is 3.47. The van der Waals surface area contributed by atoms with Gasteiger partial charge in [0.25, 0.3) is 0 Å². The largest absolute Gasteiger partial charge is 0.491 e. The van der Waals surface area contributed by atoms with Gasteiger partial charge in [0, 0.05) is 12.6 Å². The summed E-state index contributed by atoms with van der Waals surface area (Å²) in [6.07, 6.45) is 5.19. The molecule has 1 N–H and O–H groups in total. The Balaban J connectivity index is 2.09. The third-order valence-electron chi connectivity index (χ3n) is 2.93. The van der Waals surface area contributed by atoms with Crippen molar-refractivity contribution in [3.63, 3.8) is 0 Å². The summed E-state index contributed by atoms with van der Waals surface area (Å²) in [5.41, 5.74) is 0. The lowest BCUT2D eigenvalue weighted by Gasteiger charge is -2.14. The van der Waals surface area contributed by atoms with Crippen molar-refractivity contribution >= 4 is 15.9 Å². The number of halogens is 1. The molecule has 0 aliphatic rings. The molecule has 102 valence electrons. The van der Waals surface area contributed by atoms with Gasteiger partial charge in [-0.3, -0.25) is 0 Å². The SMILES string of the molecule is CCCCCC(C)NCCOc1ccccc1Br. The summed E-state index contributed by atoms with van der Waals surface area (Å²) in [4.78, 5) is 0. The van der Waals surface area contributed by atoms with E-state index in [1.54, 1.807) is 0 Å². The Morgan fingerprint density at radius 1 is 1.28 bits per heavy atom. The Bertz CT molecular complexity index is 330. The number of benzene rings is 1. The van der Waals surface area contributed by atoms with Crippen LogP contribution < -0.4 is 10.1 Å². The molecule has 0 bridgehead atoms. The molecule has 2 nitrogen and oxygen atoms in total. The van der Waals surface area contributed by atoms with Crippen molar-refractivity contribution < 1.29 is 4.74 Å². The van der Waals surface area contributed by atoms with Crippen LogP contribution in [0.2, 0.25) is 0 Å². The van der Waals surface area contributed by atoms with Gasteiger partial charge >= 0.3 is 0 Å². The van der Waals surface area contributed by atoms with Crippen molar-refractivity contribution in [2.45, 2.75) is 45.6 Å². The van der Waals surface area contributed by atoms with E-state index < -0.39 is 0 Å². The van der Waals surface area contributed by atoms with Crippen LogP contribution in [0.5, 0.6) is 5.75 Å². The van der Waals surface area contributed by atoms with Gasteiger partial charge in [0.15, 0.2) is 0 Å². The number of para-hydroxylation sites is 1. The van der Waals surface area contributed by atoms with E-state index in [0.717, 1.165) is 16.8 Å². The predicted octanol–water partition coefficient (Wildman–Crippen LogP) is 4.39. The van der Waals surface area contributed by atoms with Crippen LogP contribution in [0, 0.1) is 0 Å². The summed E-state index contributed by atoms with van der Waals surface area (Å²) in [5, 5.41) is 3.49. The molecule has 0 aliphatic carbocycles. The van der Waals surface area contributed by atoms with Gasteiger partial charge in [-0.2, -0.15) is 0 Å².